The van der Waals surface area contributed by atoms with E-state index in [1.807, 2.05) is 36.4 Å². The summed E-state index contributed by atoms with van der Waals surface area (Å²) < 4.78 is 5.97. The van der Waals surface area contributed by atoms with Crippen molar-refractivity contribution in [3.05, 3.63) is 71.0 Å². The van der Waals surface area contributed by atoms with Gasteiger partial charge in [-0.15, -0.1) is 0 Å². The van der Waals surface area contributed by atoms with Gasteiger partial charge >= 0.3 is 5.97 Å². The van der Waals surface area contributed by atoms with E-state index in [-0.39, 0.29) is 6.42 Å². The second-order valence-corrected chi connectivity index (χ2v) is 8.09. The van der Waals surface area contributed by atoms with Crippen molar-refractivity contribution < 1.29 is 19.5 Å². The quantitative estimate of drug-likeness (QED) is 0.210. The van der Waals surface area contributed by atoms with Crippen LogP contribution in [0, 0.1) is 5.92 Å². The van der Waals surface area contributed by atoms with Crippen LogP contribution in [0.2, 0.25) is 0 Å². The molecule has 5 nitrogen and oxygen atoms in total. The van der Waals surface area contributed by atoms with Crippen LogP contribution in [0.1, 0.15) is 54.6 Å². The van der Waals surface area contributed by atoms with Gasteiger partial charge in [0.05, 0.1) is 11.6 Å². The van der Waals surface area contributed by atoms with Gasteiger partial charge in [-0.25, -0.2) is 0 Å². The molecule has 1 aromatic heterocycles. The van der Waals surface area contributed by atoms with Gasteiger partial charge in [0.25, 0.3) is 0 Å². The number of carboxylic acid groups (broad SMARTS) is 1. The molecule has 1 heterocycles. The number of hydrogen-bond donors (Lipinski definition) is 2. The van der Waals surface area contributed by atoms with Gasteiger partial charge in [0.2, 0.25) is 0 Å². The highest BCUT2D eigenvalue weighted by Crippen LogP contribution is 2.33. The van der Waals surface area contributed by atoms with Crippen molar-refractivity contribution in [2.75, 3.05) is 0 Å². The summed E-state index contributed by atoms with van der Waals surface area (Å²) in [5.74, 6) is -0.385. The van der Waals surface area contributed by atoms with Crippen molar-refractivity contribution in [2.24, 2.45) is 11.1 Å². The van der Waals surface area contributed by atoms with Crippen molar-refractivity contribution >= 4 is 22.7 Å². The molecular formula is C25H27NO4. The number of carboxylic acids is 1. The molecule has 0 unspecified atom stereocenters. The van der Waals surface area contributed by atoms with Crippen LogP contribution in [-0.2, 0) is 24.1 Å². The molecule has 0 amide bonds. The van der Waals surface area contributed by atoms with Crippen molar-refractivity contribution in [3.8, 4) is 0 Å². The minimum Gasteiger partial charge on any atom is -0.481 e. The van der Waals surface area contributed by atoms with Crippen LogP contribution in [-0.4, -0.2) is 22.0 Å². The van der Waals surface area contributed by atoms with Crippen molar-refractivity contribution in [2.45, 2.75) is 51.4 Å². The number of furan rings is 1. The van der Waals surface area contributed by atoms with Crippen molar-refractivity contribution in [3.63, 3.8) is 0 Å². The lowest BCUT2D eigenvalue weighted by molar-refractivity contribution is -0.141. The minimum absolute atomic E-state index is 0.198. The van der Waals surface area contributed by atoms with E-state index in [0.717, 1.165) is 55.3 Å². The first kappa shape index (κ1) is 20.2. The molecule has 3 aromatic rings. The van der Waals surface area contributed by atoms with Crippen molar-refractivity contribution in [1.82, 2.24) is 0 Å². The summed E-state index contributed by atoms with van der Waals surface area (Å²) in [4.78, 5) is 11.8. The molecule has 0 spiro atoms. The number of fused-ring (bicyclic) bond motifs is 3. The van der Waals surface area contributed by atoms with Gasteiger partial charge in [-0.2, -0.15) is 0 Å². The fraction of sp³-hybridized carbons (Fsp3) is 0.360. The Hall–Kier alpha value is -3.08. The number of rotatable bonds is 9. The summed E-state index contributed by atoms with van der Waals surface area (Å²) in [7, 11) is 0. The summed E-state index contributed by atoms with van der Waals surface area (Å²) in [5, 5.41) is 23.8. The molecule has 0 aliphatic heterocycles. The topological polar surface area (TPSA) is 83.0 Å². The Morgan fingerprint density at radius 3 is 2.70 bits per heavy atom. The Labute approximate surface area is 176 Å². The van der Waals surface area contributed by atoms with E-state index in [2.05, 4.69) is 17.3 Å². The Kier molecular flexibility index (Phi) is 6.17. The van der Waals surface area contributed by atoms with Gasteiger partial charge in [-0.1, -0.05) is 54.0 Å². The highest BCUT2D eigenvalue weighted by atomic mass is 16.4. The number of oxime groups is 1. The predicted octanol–water partition coefficient (Wildman–Crippen LogP) is 5.60. The number of aryl methyl sites for hydroxylation is 3. The molecule has 2 aromatic carbocycles. The third-order valence-electron chi connectivity index (χ3n) is 6.06. The highest BCUT2D eigenvalue weighted by Gasteiger charge is 2.23. The summed E-state index contributed by atoms with van der Waals surface area (Å²) in [6.45, 7) is 0. The average molecular weight is 405 g/mol. The number of benzene rings is 2. The fourth-order valence-corrected chi connectivity index (χ4v) is 4.41. The molecule has 4 rings (SSSR count). The molecular weight excluding hydrogens is 378 g/mol. The standard InChI is InChI=1S/C25H27NO4/c27-25(28)19(10-5-4-9-17-7-2-1-3-8-17)15-22(26-29)18-13-14-21-20-11-6-12-23(20)30-24(21)16-18/h1-3,7-8,13-14,16,19,29H,4-6,9-12,15H2,(H,27,28)/t19-/m1/s1. The van der Waals surface area contributed by atoms with E-state index in [1.54, 1.807) is 0 Å². The average Bonchev–Trinajstić information content (AvgIpc) is 3.34. The maximum absolute atomic E-state index is 11.8. The molecule has 2 N–H and O–H groups in total. The lowest BCUT2D eigenvalue weighted by Gasteiger charge is -2.13. The number of carbonyl (C=O) groups is 1. The molecule has 1 aliphatic carbocycles. The third kappa shape index (κ3) is 4.40. The van der Waals surface area contributed by atoms with E-state index >= 15 is 0 Å². The van der Waals surface area contributed by atoms with Crippen LogP contribution in [0.15, 0.2) is 58.1 Å². The lowest BCUT2D eigenvalue weighted by Crippen LogP contribution is -2.19. The zero-order valence-corrected chi connectivity index (χ0v) is 17.0. The first-order chi connectivity index (χ1) is 14.7. The maximum Gasteiger partial charge on any atom is 0.306 e. The molecule has 30 heavy (non-hydrogen) atoms. The van der Waals surface area contributed by atoms with Gasteiger partial charge < -0.3 is 14.7 Å². The highest BCUT2D eigenvalue weighted by molar-refractivity contribution is 6.04. The van der Waals surface area contributed by atoms with Crippen LogP contribution in [0.3, 0.4) is 0 Å². The SMILES string of the molecule is O=C(O)[C@H](CCCCc1ccccc1)CC(=NO)c1ccc2c3c(oc2c1)CCC3. The Bertz CT molecular complexity index is 1050. The molecule has 0 saturated carbocycles. The molecule has 1 aliphatic rings. The molecule has 5 heteroatoms. The third-order valence-corrected chi connectivity index (χ3v) is 6.06. The number of hydrogen-bond acceptors (Lipinski definition) is 4. The largest absolute Gasteiger partial charge is 0.481 e. The molecule has 0 radical (unpaired) electrons. The van der Waals surface area contributed by atoms with Gasteiger partial charge in [-0.05, 0) is 43.7 Å². The van der Waals surface area contributed by atoms with Gasteiger partial charge in [0.1, 0.15) is 11.3 Å². The van der Waals surface area contributed by atoms with E-state index in [4.69, 9.17) is 4.42 Å². The number of aliphatic carboxylic acids is 1. The second-order valence-electron chi connectivity index (χ2n) is 8.09. The lowest BCUT2D eigenvalue weighted by atomic mass is 9.92. The summed E-state index contributed by atoms with van der Waals surface area (Å²) in [6.07, 6.45) is 6.56. The predicted molar refractivity (Wildman–Crippen MR) is 116 cm³/mol. The minimum atomic E-state index is -0.853. The Morgan fingerprint density at radius 2 is 1.93 bits per heavy atom. The van der Waals surface area contributed by atoms with E-state index in [9.17, 15) is 15.1 Å². The van der Waals surface area contributed by atoms with Crippen LogP contribution < -0.4 is 0 Å². The zero-order chi connectivity index (χ0) is 20.9. The van der Waals surface area contributed by atoms with Crippen molar-refractivity contribution in [1.29, 1.82) is 0 Å². The second kappa shape index (κ2) is 9.16. The first-order valence-electron chi connectivity index (χ1n) is 10.7. The molecule has 0 bridgehead atoms. The zero-order valence-electron chi connectivity index (χ0n) is 17.0. The van der Waals surface area contributed by atoms with Gasteiger partial charge in [0, 0.05) is 29.4 Å². The van der Waals surface area contributed by atoms with Gasteiger partial charge in [0.15, 0.2) is 0 Å². The van der Waals surface area contributed by atoms with Crippen LogP contribution >= 0.6 is 0 Å². The first-order valence-corrected chi connectivity index (χ1v) is 10.7. The smallest absolute Gasteiger partial charge is 0.306 e. The molecule has 156 valence electrons. The normalized spacial score (nSPS) is 14.7. The van der Waals surface area contributed by atoms with Crippen LogP contribution in [0.4, 0.5) is 0 Å². The Morgan fingerprint density at radius 1 is 1.10 bits per heavy atom. The maximum atomic E-state index is 11.8. The van der Waals surface area contributed by atoms with Crippen LogP contribution in [0.25, 0.3) is 11.0 Å². The Balaban J connectivity index is 1.40. The summed E-state index contributed by atoms with van der Waals surface area (Å²) in [5.41, 5.74) is 4.44. The number of nitrogens with zero attached hydrogens (tertiary/aromatic N) is 1. The molecule has 1 atom stereocenters. The summed E-state index contributed by atoms with van der Waals surface area (Å²) >= 11 is 0. The van der Waals surface area contributed by atoms with Crippen LogP contribution in [0.5, 0.6) is 0 Å². The molecule has 0 saturated heterocycles. The fourth-order valence-electron chi connectivity index (χ4n) is 4.41. The van der Waals surface area contributed by atoms with E-state index in [1.165, 1.54) is 11.1 Å². The van der Waals surface area contributed by atoms with E-state index in [0.29, 0.717) is 17.7 Å². The monoisotopic (exact) mass is 405 g/mol. The number of unbranched alkanes of at least 4 members (excludes halogenated alkanes) is 1. The summed E-state index contributed by atoms with van der Waals surface area (Å²) in [6, 6.07) is 16.0. The van der Waals surface area contributed by atoms with E-state index < -0.39 is 11.9 Å². The van der Waals surface area contributed by atoms with Gasteiger partial charge in [-0.3, -0.25) is 4.79 Å². The molecule has 0 fully saturated rings.